The van der Waals surface area contributed by atoms with Gasteiger partial charge < -0.3 is 20.3 Å². The minimum Gasteiger partial charge on any atom is -0.454 e. The van der Waals surface area contributed by atoms with Crippen LogP contribution >= 0.6 is 11.6 Å². The molecule has 0 unspecified atom stereocenters. The summed E-state index contributed by atoms with van der Waals surface area (Å²) in [6, 6.07) is 7.95. The van der Waals surface area contributed by atoms with E-state index in [0.29, 0.717) is 41.1 Å². The number of fused-ring (bicyclic) bond motifs is 1. The second-order valence-electron chi connectivity index (χ2n) is 6.78. The molecular weight excluding hydrogens is 439 g/mol. The van der Waals surface area contributed by atoms with Crippen molar-refractivity contribution in [3.63, 3.8) is 0 Å². The molecule has 4 amide bonds. The summed E-state index contributed by atoms with van der Waals surface area (Å²) < 4.78 is 20.4. The number of nitrogens with one attached hydrogen (secondary N) is 3. The quantitative estimate of drug-likeness (QED) is 0.464. The van der Waals surface area contributed by atoms with Gasteiger partial charge in [-0.25, -0.2) is 23.9 Å². The number of pyridine rings is 2. The van der Waals surface area contributed by atoms with Gasteiger partial charge in [-0.3, -0.25) is 5.32 Å². The molecule has 11 heteroatoms. The summed E-state index contributed by atoms with van der Waals surface area (Å²) in [5, 5.41) is 8.09. The summed E-state index contributed by atoms with van der Waals surface area (Å²) in [6.45, 7) is 2.65. The predicted molar refractivity (Wildman–Crippen MR) is 118 cm³/mol. The zero-order chi connectivity index (χ0) is 22.7. The lowest BCUT2D eigenvalue weighted by Gasteiger charge is -2.28. The van der Waals surface area contributed by atoms with Crippen molar-refractivity contribution in [2.75, 3.05) is 22.5 Å². The monoisotopic (exact) mass is 456 g/mol. The maximum absolute atomic E-state index is 14.7. The van der Waals surface area contributed by atoms with Gasteiger partial charge in [-0.1, -0.05) is 11.6 Å². The fourth-order valence-corrected chi connectivity index (χ4v) is 3.16. The van der Waals surface area contributed by atoms with E-state index in [2.05, 4.69) is 25.9 Å². The first kappa shape index (κ1) is 21.3. The van der Waals surface area contributed by atoms with Gasteiger partial charge in [0.2, 0.25) is 0 Å². The number of hydrogen-bond acceptors (Lipinski definition) is 5. The van der Waals surface area contributed by atoms with Gasteiger partial charge in [0, 0.05) is 24.5 Å². The number of rotatable bonds is 5. The topological polar surface area (TPSA) is 108 Å². The molecule has 0 bridgehead atoms. The average Bonchev–Trinajstić information content (AvgIpc) is 2.77. The number of hydrogen-bond donors (Lipinski definition) is 3. The smallest absolute Gasteiger partial charge is 0.323 e. The molecule has 3 heterocycles. The molecule has 0 saturated carbocycles. The summed E-state index contributed by atoms with van der Waals surface area (Å²) in [4.78, 5) is 33.7. The van der Waals surface area contributed by atoms with Crippen LogP contribution in [0.1, 0.15) is 12.5 Å². The van der Waals surface area contributed by atoms with Crippen LogP contribution in [0.25, 0.3) is 0 Å². The fraction of sp³-hybridized carbons (Fsp3) is 0.143. The number of halogens is 2. The van der Waals surface area contributed by atoms with E-state index < -0.39 is 11.8 Å². The van der Waals surface area contributed by atoms with Crippen molar-refractivity contribution in [2.24, 2.45) is 0 Å². The number of urea groups is 2. The van der Waals surface area contributed by atoms with Crippen LogP contribution in [0, 0.1) is 5.82 Å². The Bertz CT molecular complexity index is 1170. The van der Waals surface area contributed by atoms with Gasteiger partial charge in [0.1, 0.15) is 16.7 Å². The van der Waals surface area contributed by atoms with Gasteiger partial charge in [0.15, 0.2) is 11.6 Å². The van der Waals surface area contributed by atoms with E-state index in [4.69, 9.17) is 16.3 Å². The molecule has 2 aromatic heterocycles. The van der Waals surface area contributed by atoms with E-state index in [0.717, 1.165) is 6.07 Å². The molecule has 1 aliphatic rings. The normalized spacial score (nSPS) is 12.6. The lowest BCUT2D eigenvalue weighted by molar-refractivity contribution is 0.209. The Hall–Kier alpha value is -3.92. The average molecular weight is 457 g/mol. The van der Waals surface area contributed by atoms with E-state index in [1.807, 2.05) is 6.92 Å². The standard InChI is InChI=1S/C21H18ClFN6O3/c1-2-29-11-14-16(7-8-24-19(14)28-21(29)31)32-17-5-3-12(9-15(17)23)26-20(30)27-13-4-6-18(22)25-10-13/h3-10H,2,11H2,1H3,(H,24,28,31)(H2,26,27,30). The minimum absolute atomic E-state index is 0.0359. The van der Waals surface area contributed by atoms with Crippen LogP contribution in [0.2, 0.25) is 5.15 Å². The van der Waals surface area contributed by atoms with Crippen LogP contribution in [0.5, 0.6) is 11.5 Å². The molecule has 1 aromatic carbocycles. The third-order valence-electron chi connectivity index (χ3n) is 4.65. The van der Waals surface area contributed by atoms with E-state index >= 15 is 0 Å². The molecule has 3 N–H and O–H groups in total. The first-order valence-electron chi connectivity index (χ1n) is 9.63. The Morgan fingerprint density at radius 1 is 1.19 bits per heavy atom. The highest BCUT2D eigenvalue weighted by Crippen LogP contribution is 2.34. The van der Waals surface area contributed by atoms with Gasteiger partial charge in [0.25, 0.3) is 0 Å². The van der Waals surface area contributed by atoms with Crippen molar-refractivity contribution in [2.45, 2.75) is 13.5 Å². The highest BCUT2D eigenvalue weighted by Gasteiger charge is 2.25. The number of carbonyl (C=O) groups is 2. The largest absolute Gasteiger partial charge is 0.454 e. The number of nitrogens with zero attached hydrogens (tertiary/aromatic N) is 3. The van der Waals surface area contributed by atoms with Crippen LogP contribution in [0.4, 0.5) is 31.2 Å². The van der Waals surface area contributed by atoms with Crippen molar-refractivity contribution < 1.29 is 18.7 Å². The zero-order valence-corrected chi connectivity index (χ0v) is 17.6. The highest BCUT2D eigenvalue weighted by molar-refractivity contribution is 6.29. The van der Waals surface area contributed by atoms with Crippen molar-refractivity contribution in [3.05, 3.63) is 65.3 Å². The van der Waals surface area contributed by atoms with Crippen molar-refractivity contribution >= 4 is 40.9 Å². The molecule has 0 spiro atoms. The van der Waals surface area contributed by atoms with Crippen LogP contribution in [-0.2, 0) is 6.54 Å². The van der Waals surface area contributed by atoms with Crippen molar-refractivity contribution in [3.8, 4) is 11.5 Å². The third kappa shape index (κ3) is 4.70. The molecule has 9 nitrogen and oxygen atoms in total. The Morgan fingerprint density at radius 3 is 2.69 bits per heavy atom. The molecule has 0 atom stereocenters. The Balaban J connectivity index is 1.46. The summed E-state index contributed by atoms with van der Waals surface area (Å²) in [5.41, 5.74) is 1.31. The number of amides is 4. The maximum Gasteiger partial charge on any atom is 0.323 e. The van der Waals surface area contributed by atoms with Gasteiger partial charge in [-0.05, 0) is 37.3 Å². The Kier molecular flexibility index (Phi) is 6.04. The molecule has 164 valence electrons. The summed E-state index contributed by atoms with van der Waals surface area (Å²) in [7, 11) is 0. The van der Waals surface area contributed by atoms with Gasteiger partial charge in [-0.15, -0.1) is 0 Å². The van der Waals surface area contributed by atoms with Crippen molar-refractivity contribution in [1.29, 1.82) is 0 Å². The number of ether oxygens (including phenoxy) is 1. The summed E-state index contributed by atoms with van der Waals surface area (Å²) in [6.07, 6.45) is 2.87. The van der Waals surface area contributed by atoms with E-state index in [-0.39, 0.29) is 17.5 Å². The number of carbonyl (C=O) groups excluding carboxylic acids is 2. The van der Waals surface area contributed by atoms with Crippen LogP contribution < -0.4 is 20.7 Å². The minimum atomic E-state index is -0.672. The number of anilines is 3. The predicted octanol–water partition coefficient (Wildman–Crippen LogP) is 5.07. The molecule has 4 rings (SSSR count). The van der Waals surface area contributed by atoms with Gasteiger partial charge in [-0.2, -0.15) is 0 Å². The molecule has 3 aromatic rings. The van der Waals surface area contributed by atoms with Gasteiger partial charge in [0.05, 0.1) is 24.0 Å². The molecule has 0 radical (unpaired) electrons. The summed E-state index contributed by atoms with van der Waals surface area (Å²) >= 11 is 5.71. The van der Waals surface area contributed by atoms with Crippen LogP contribution in [-0.4, -0.2) is 33.5 Å². The Morgan fingerprint density at radius 2 is 1.97 bits per heavy atom. The molecule has 0 aliphatic carbocycles. The first-order valence-corrected chi connectivity index (χ1v) is 10.0. The second kappa shape index (κ2) is 9.06. The fourth-order valence-electron chi connectivity index (χ4n) is 3.05. The SMILES string of the molecule is CCN1Cc2c(Oc3ccc(NC(=O)Nc4ccc(Cl)nc4)cc3F)ccnc2NC1=O. The molecule has 0 saturated heterocycles. The molecular formula is C21H18ClFN6O3. The second-order valence-corrected chi connectivity index (χ2v) is 7.16. The maximum atomic E-state index is 14.7. The zero-order valence-electron chi connectivity index (χ0n) is 16.9. The van der Waals surface area contributed by atoms with E-state index in [9.17, 15) is 14.0 Å². The van der Waals surface area contributed by atoms with E-state index in [1.165, 1.54) is 30.6 Å². The van der Waals surface area contributed by atoms with Gasteiger partial charge >= 0.3 is 12.1 Å². The molecule has 1 aliphatic heterocycles. The van der Waals surface area contributed by atoms with Crippen LogP contribution in [0.3, 0.4) is 0 Å². The number of benzene rings is 1. The van der Waals surface area contributed by atoms with Crippen molar-refractivity contribution in [1.82, 2.24) is 14.9 Å². The highest BCUT2D eigenvalue weighted by atomic mass is 35.5. The lowest BCUT2D eigenvalue weighted by Crippen LogP contribution is -2.38. The molecule has 32 heavy (non-hydrogen) atoms. The first-order chi connectivity index (χ1) is 15.4. The van der Waals surface area contributed by atoms with Crippen LogP contribution in [0.15, 0.2) is 48.8 Å². The lowest BCUT2D eigenvalue weighted by atomic mass is 10.2. The molecule has 0 fully saturated rings. The van der Waals surface area contributed by atoms with E-state index in [1.54, 1.807) is 17.0 Å². The Labute approximate surface area is 187 Å². The number of aromatic nitrogens is 2. The summed E-state index contributed by atoms with van der Waals surface area (Å²) in [5.74, 6) is 0.0465. The third-order valence-corrected chi connectivity index (χ3v) is 4.87.